The van der Waals surface area contributed by atoms with Crippen molar-refractivity contribution in [3.63, 3.8) is 0 Å². The lowest BCUT2D eigenvalue weighted by Gasteiger charge is -2.50. The molecule has 0 bridgehead atoms. The van der Waals surface area contributed by atoms with Crippen molar-refractivity contribution >= 4 is 22.6 Å². The number of unbranched alkanes of at least 4 members (excludes halogenated alkanes) is 1. The van der Waals surface area contributed by atoms with Gasteiger partial charge in [-0.1, -0.05) is 37.6 Å². The van der Waals surface area contributed by atoms with Crippen LogP contribution in [0.1, 0.15) is 86.5 Å². The number of aryl methyl sites for hydroxylation is 2. The quantitative estimate of drug-likeness (QED) is 0.286. The van der Waals surface area contributed by atoms with Crippen molar-refractivity contribution in [2.75, 3.05) is 13.7 Å². The lowest BCUT2D eigenvalue weighted by atomic mass is 9.54. The first-order chi connectivity index (χ1) is 19.4. The van der Waals surface area contributed by atoms with Crippen LogP contribution in [0.5, 0.6) is 5.75 Å². The van der Waals surface area contributed by atoms with Gasteiger partial charge in [0.2, 0.25) is 5.91 Å². The second-order valence-corrected chi connectivity index (χ2v) is 12.9. The van der Waals surface area contributed by atoms with E-state index < -0.39 is 0 Å². The summed E-state index contributed by atoms with van der Waals surface area (Å²) in [4.78, 5) is 29.3. The number of ketones is 1. The van der Waals surface area contributed by atoms with Gasteiger partial charge in [-0.3, -0.25) is 9.59 Å². The molecule has 2 aromatic carbocycles. The van der Waals surface area contributed by atoms with Crippen LogP contribution in [0.2, 0.25) is 0 Å². The minimum atomic E-state index is -0.159. The minimum Gasteiger partial charge on any atom is -0.497 e. The van der Waals surface area contributed by atoms with Crippen molar-refractivity contribution in [2.24, 2.45) is 23.2 Å². The van der Waals surface area contributed by atoms with E-state index in [9.17, 15) is 9.59 Å². The molecule has 5 atom stereocenters. The average Bonchev–Trinajstić information content (AvgIpc) is 3.49. The Hall–Kier alpha value is -3.08. The monoisotopic (exact) mass is 540 g/mol. The van der Waals surface area contributed by atoms with Gasteiger partial charge in [-0.2, -0.15) is 0 Å². The highest BCUT2D eigenvalue weighted by atomic mass is 16.5. The molecule has 212 valence electrons. The van der Waals surface area contributed by atoms with Gasteiger partial charge in [0.15, 0.2) is 0 Å². The van der Waals surface area contributed by atoms with Gasteiger partial charge in [-0.25, -0.2) is 0 Å². The highest BCUT2D eigenvalue weighted by molar-refractivity contribution is 5.88. The Morgan fingerprint density at radius 2 is 2.05 bits per heavy atom. The average molecular weight is 541 g/mol. The van der Waals surface area contributed by atoms with Crippen LogP contribution in [0.25, 0.3) is 10.9 Å². The van der Waals surface area contributed by atoms with E-state index in [-0.39, 0.29) is 11.3 Å². The Morgan fingerprint density at radius 1 is 1.18 bits per heavy atom. The number of Topliss-reactive ketones (excluding diaryl/α,β-unsaturated/α-hetero) is 1. The Bertz CT molecular complexity index is 1410. The molecule has 1 heterocycles. The maximum absolute atomic E-state index is 13.3. The smallest absolute Gasteiger partial charge is 0.220 e. The Labute approximate surface area is 238 Å². The van der Waals surface area contributed by atoms with Gasteiger partial charge in [-0.15, -0.1) is 0 Å². The fraction of sp³-hybridized carbons (Fsp3) is 0.543. The van der Waals surface area contributed by atoms with Crippen molar-refractivity contribution < 1.29 is 14.3 Å². The molecule has 2 fully saturated rings. The number of methoxy groups -OCH3 is 1. The molecule has 3 aromatic rings. The first-order valence-electron chi connectivity index (χ1n) is 15.4. The molecular weight excluding hydrogens is 496 g/mol. The van der Waals surface area contributed by atoms with E-state index in [1.54, 1.807) is 7.11 Å². The van der Waals surface area contributed by atoms with Crippen LogP contribution in [0, 0.1) is 30.1 Å². The zero-order valence-corrected chi connectivity index (χ0v) is 24.4. The number of rotatable bonds is 9. The second-order valence-electron chi connectivity index (χ2n) is 12.9. The van der Waals surface area contributed by atoms with E-state index in [1.807, 2.05) is 0 Å². The number of nitrogens with one attached hydrogen (secondary N) is 2. The van der Waals surface area contributed by atoms with Crippen molar-refractivity contribution in [3.8, 4) is 5.75 Å². The second kappa shape index (κ2) is 11.1. The summed E-state index contributed by atoms with van der Waals surface area (Å²) in [5.74, 6) is 3.66. The molecule has 1 amide bonds. The summed E-state index contributed by atoms with van der Waals surface area (Å²) >= 11 is 0. The predicted molar refractivity (Wildman–Crippen MR) is 160 cm³/mol. The Morgan fingerprint density at radius 3 is 2.90 bits per heavy atom. The number of aromatic amines is 1. The molecule has 0 aliphatic heterocycles. The zero-order chi connectivity index (χ0) is 27.9. The molecule has 0 saturated heterocycles. The van der Waals surface area contributed by atoms with E-state index in [2.05, 4.69) is 66.7 Å². The molecule has 5 nitrogen and oxygen atoms in total. The highest BCUT2D eigenvalue weighted by Crippen LogP contribution is 2.62. The van der Waals surface area contributed by atoms with E-state index in [1.165, 1.54) is 39.6 Å². The van der Waals surface area contributed by atoms with Crippen molar-refractivity contribution in [3.05, 3.63) is 64.8 Å². The number of H-pyrrole nitrogens is 1. The predicted octanol–water partition coefficient (Wildman–Crippen LogP) is 7.06. The Kier molecular flexibility index (Phi) is 7.50. The SMILES string of the molecule is COc1ccc2c(c1)CCC1[C@@H]2CC[C@]2(C)C(=O)C[C@@H](CCCCC(=O)NCCc3c[nH]c4c(C)cccc34)[C@@H]12. The molecule has 0 spiro atoms. The number of carbonyl (C=O) groups excluding carboxylic acids is 2. The number of hydrogen-bond acceptors (Lipinski definition) is 3. The molecular formula is C35H44N2O3. The first kappa shape index (κ1) is 27.1. The topological polar surface area (TPSA) is 71.2 Å². The number of para-hydroxylation sites is 1. The first-order valence-corrected chi connectivity index (χ1v) is 15.4. The molecule has 2 saturated carbocycles. The van der Waals surface area contributed by atoms with Crippen molar-refractivity contribution in [2.45, 2.75) is 84.0 Å². The third-order valence-corrected chi connectivity index (χ3v) is 10.7. The number of carbonyl (C=O) groups is 2. The number of fused-ring (bicyclic) bond motifs is 6. The summed E-state index contributed by atoms with van der Waals surface area (Å²) in [5, 5.41) is 4.37. The number of aromatic nitrogens is 1. The minimum absolute atomic E-state index is 0.139. The third-order valence-electron chi connectivity index (χ3n) is 10.7. The van der Waals surface area contributed by atoms with Crippen LogP contribution < -0.4 is 10.1 Å². The van der Waals surface area contributed by atoms with E-state index in [0.29, 0.717) is 42.4 Å². The van der Waals surface area contributed by atoms with Crippen LogP contribution in [0.3, 0.4) is 0 Å². The summed E-state index contributed by atoms with van der Waals surface area (Å²) in [6.07, 6.45) is 11.6. The van der Waals surface area contributed by atoms with E-state index >= 15 is 0 Å². The van der Waals surface area contributed by atoms with Gasteiger partial charge >= 0.3 is 0 Å². The van der Waals surface area contributed by atoms with Crippen LogP contribution in [-0.4, -0.2) is 30.3 Å². The molecule has 3 aliphatic rings. The summed E-state index contributed by atoms with van der Waals surface area (Å²) < 4.78 is 5.49. The van der Waals surface area contributed by atoms with Crippen LogP contribution in [-0.2, 0) is 22.4 Å². The van der Waals surface area contributed by atoms with Gasteiger partial charge < -0.3 is 15.0 Å². The Balaban J connectivity index is 1.01. The number of amides is 1. The molecule has 40 heavy (non-hydrogen) atoms. The van der Waals surface area contributed by atoms with Gasteiger partial charge in [0.1, 0.15) is 11.5 Å². The lowest BCUT2D eigenvalue weighted by Crippen LogP contribution is -2.44. The van der Waals surface area contributed by atoms with Gasteiger partial charge in [0.25, 0.3) is 0 Å². The highest BCUT2D eigenvalue weighted by Gasteiger charge is 2.58. The van der Waals surface area contributed by atoms with E-state index in [4.69, 9.17) is 4.74 Å². The van der Waals surface area contributed by atoms with Crippen LogP contribution in [0.15, 0.2) is 42.6 Å². The molecule has 1 unspecified atom stereocenters. The standard InChI is InChI=1S/C35H44N2O3/c1-22-7-6-9-28-25(21-37-34(22)28)16-18-36-32(39)10-5-4-8-24-20-31(38)35(2)17-15-29-27-14-12-26(40-3)19-23(27)11-13-30(29)33(24)35/h6-7,9,12,14,19,21,24,29-30,33,37H,4-5,8,10-11,13,15-18,20H2,1-3H3,(H,36,39)/t24-,29-,30?,33+,35-/m1/s1. The van der Waals surface area contributed by atoms with E-state index in [0.717, 1.165) is 57.1 Å². The molecule has 3 aliphatic carbocycles. The number of benzene rings is 2. The summed E-state index contributed by atoms with van der Waals surface area (Å²) in [5.41, 5.74) is 6.46. The van der Waals surface area contributed by atoms with Crippen LogP contribution in [0.4, 0.5) is 0 Å². The van der Waals surface area contributed by atoms with Crippen molar-refractivity contribution in [1.82, 2.24) is 10.3 Å². The maximum atomic E-state index is 13.3. The summed E-state index contributed by atoms with van der Waals surface area (Å²) in [7, 11) is 1.74. The van der Waals surface area contributed by atoms with Gasteiger partial charge in [0.05, 0.1) is 7.11 Å². The molecule has 1 aromatic heterocycles. The largest absolute Gasteiger partial charge is 0.497 e. The number of hydrogen-bond donors (Lipinski definition) is 2. The summed E-state index contributed by atoms with van der Waals surface area (Å²) in [6.45, 7) is 5.04. The van der Waals surface area contributed by atoms with Crippen molar-refractivity contribution in [1.29, 1.82) is 0 Å². The molecule has 0 radical (unpaired) electrons. The third kappa shape index (κ3) is 4.86. The fourth-order valence-electron chi connectivity index (χ4n) is 8.70. The fourth-order valence-corrected chi connectivity index (χ4v) is 8.70. The summed E-state index contributed by atoms with van der Waals surface area (Å²) in [6, 6.07) is 13.0. The number of ether oxygens (including phenoxy) is 1. The molecule has 2 N–H and O–H groups in total. The molecule has 6 rings (SSSR count). The lowest BCUT2D eigenvalue weighted by molar-refractivity contribution is -0.129. The van der Waals surface area contributed by atoms with Gasteiger partial charge in [0, 0.05) is 41.9 Å². The van der Waals surface area contributed by atoms with Gasteiger partial charge in [-0.05, 0) is 110 Å². The maximum Gasteiger partial charge on any atom is 0.220 e. The normalized spacial score (nSPS) is 27.2. The zero-order valence-electron chi connectivity index (χ0n) is 24.4. The molecule has 5 heteroatoms. The van der Waals surface area contributed by atoms with Crippen LogP contribution >= 0.6 is 0 Å².